The molecule has 1 aliphatic rings. The lowest BCUT2D eigenvalue weighted by Gasteiger charge is -2.31. The SMILES string of the molecule is CC(C(=O)Nc1cccc(NC(N)=O)c1)C1CNC1. The number of nitrogens with one attached hydrogen (secondary N) is 3. The summed E-state index contributed by atoms with van der Waals surface area (Å²) < 4.78 is 0. The van der Waals surface area contributed by atoms with Crippen LogP contribution in [-0.2, 0) is 4.79 Å². The predicted octanol–water partition coefficient (Wildman–Crippen LogP) is 0.971. The molecular formula is C13H18N4O2. The molecule has 2 rings (SSSR count). The summed E-state index contributed by atoms with van der Waals surface area (Å²) >= 11 is 0. The summed E-state index contributed by atoms with van der Waals surface area (Å²) in [5.74, 6) is 0.351. The van der Waals surface area contributed by atoms with Crippen molar-refractivity contribution < 1.29 is 9.59 Å². The van der Waals surface area contributed by atoms with Crippen LogP contribution in [0.4, 0.5) is 16.2 Å². The summed E-state index contributed by atoms with van der Waals surface area (Å²) in [6.07, 6.45) is 0. The van der Waals surface area contributed by atoms with E-state index in [-0.39, 0.29) is 11.8 Å². The van der Waals surface area contributed by atoms with Crippen molar-refractivity contribution in [2.24, 2.45) is 17.6 Å². The number of amides is 3. The number of hydrogen-bond acceptors (Lipinski definition) is 3. The van der Waals surface area contributed by atoms with Crippen LogP contribution in [0.25, 0.3) is 0 Å². The van der Waals surface area contributed by atoms with Gasteiger partial charge in [-0.3, -0.25) is 4.79 Å². The van der Waals surface area contributed by atoms with Crippen LogP contribution >= 0.6 is 0 Å². The van der Waals surface area contributed by atoms with Gasteiger partial charge in [-0.25, -0.2) is 4.79 Å². The summed E-state index contributed by atoms with van der Waals surface area (Å²) in [6, 6.07) is 6.28. The Labute approximate surface area is 111 Å². The van der Waals surface area contributed by atoms with Gasteiger partial charge in [0.25, 0.3) is 0 Å². The molecule has 0 spiro atoms. The Kier molecular flexibility index (Phi) is 4.01. The molecule has 1 heterocycles. The predicted molar refractivity (Wildman–Crippen MR) is 73.8 cm³/mol. The molecule has 0 aromatic heterocycles. The number of urea groups is 1. The van der Waals surface area contributed by atoms with Crippen molar-refractivity contribution in [1.29, 1.82) is 0 Å². The standard InChI is InChI=1S/C13H18N4O2/c1-8(9-6-15-7-9)12(18)16-10-3-2-4-11(5-10)17-13(14)19/h2-5,8-9,15H,6-7H2,1H3,(H,16,18)(H3,14,17,19). The number of rotatable bonds is 4. The first kappa shape index (κ1) is 13.4. The Hall–Kier alpha value is -2.08. The fraction of sp³-hybridized carbons (Fsp3) is 0.385. The highest BCUT2D eigenvalue weighted by atomic mass is 16.2. The molecule has 1 aromatic carbocycles. The van der Waals surface area contributed by atoms with Gasteiger partial charge in [0.05, 0.1) is 0 Å². The summed E-state index contributed by atoms with van der Waals surface area (Å²) in [6.45, 7) is 3.70. The lowest BCUT2D eigenvalue weighted by molar-refractivity contribution is -0.121. The molecule has 1 unspecified atom stereocenters. The van der Waals surface area contributed by atoms with Crippen LogP contribution in [0.15, 0.2) is 24.3 Å². The van der Waals surface area contributed by atoms with E-state index in [0.29, 0.717) is 17.3 Å². The molecule has 6 nitrogen and oxygen atoms in total. The van der Waals surface area contributed by atoms with Crippen molar-refractivity contribution in [3.63, 3.8) is 0 Å². The van der Waals surface area contributed by atoms with Crippen LogP contribution in [0.3, 0.4) is 0 Å². The third-order valence-corrected chi connectivity index (χ3v) is 3.33. The van der Waals surface area contributed by atoms with E-state index in [1.807, 2.05) is 6.92 Å². The zero-order valence-corrected chi connectivity index (χ0v) is 10.8. The van der Waals surface area contributed by atoms with E-state index in [1.165, 1.54) is 0 Å². The lowest BCUT2D eigenvalue weighted by atomic mass is 9.88. The maximum Gasteiger partial charge on any atom is 0.316 e. The zero-order valence-electron chi connectivity index (χ0n) is 10.8. The van der Waals surface area contributed by atoms with Crippen molar-refractivity contribution in [3.05, 3.63) is 24.3 Å². The molecule has 19 heavy (non-hydrogen) atoms. The number of nitrogens with two attached hydrogens (primary N) is 1. The summed E-state index contributed by atoms with van der Waals surface area (Å²) in [4.78, 5) is 22.8. The van der Waals surface area contributed by atoms with E-state index in [0.717, 1.165) is 13.1 Å². The smallest absolute Gasteiger partial charge is 0.316 e. The molecule has 0 bridgehead atoms. The zero-order chi connectivity index (χ0) is 13.8. The molecule has 3 amide bonds. The Morgan fingerprint density at radius 3 is 2.47 bits per heavy atom. The van der Waals surface area contributed by atoms with E-state index >= 15 is 0 Å². The molecule has 1 saturated heterocycles. The minimum absolute atomic E-state index is 0.0114. The second-order valence-corrected chi connectivity index (χ2v) is 4.77. The maximum atomic E-state index is 12.0. The number of carbonyl (C=O) groups excluding carboxylic acids is 2. The number of benzene rings is 1. The molecule has 1 atom stereocenters. The van der Waals surface area contributed by atoms with Crippen LogP contribution in [0.2, 0.25) is 0 Å². The second kappa shape index (κ2) is 5.71. The first-order valence-electron chi connectivity index (χ1n) is 6.24. The number of hydrogen-bond donors (Lipinski definition) is 4. The largest absolute Gasteiger partial charge is 0.351 e. The first-order chi connectivity index (χ1) is 9.06. The van der Waals surface area contributed by atoms with Crippen LogP contribution < -0.4 is 21.7 Å². The van der Waals surface area contributed by atoms with Crippen LogP contribution in [0.5, 0.6) is 0 Å². The van der Waals surface area contributed by atoms with Crippen LogP contribution in [0, 0.1) is 11.8 Å². The van der Waals surface area contributed by atoms with Crippen LogP contribution in [0.1, 0.15) is 6.92 Å². The van der Waals surface area contributed by atoms with Crippen molar-refractivity contribution in [3.8, 4) is 0 Å². The van der Waals surface area contributed by atoms with Gasteiger partial charge in [-0.2, -0.15) is 0 Å². The topological polar surface area (TPSA) is 96.2 Å². The number of carbonyl (C=O) groups is 2. The molecule has 1 aromatic rings. The Morgan fingerprint density at radius 2 is 1.95 bits per heavy atom. The van der Waals surface area contributed by atoms with Gasteiger partial charge in [-0.05, 0) is 37.2 Å². The third-order valence-electron chi connectivity index (χ3n) is 3.33. The second-order valence-electron chi connectivity index (χ2n) is 4.77. The molecule has 102 valence electrons. The van der Waals surface area contributed by atoms with Crippen LogP contribution in [-0.4, -0.2) is 25.0 Å². The number of primary amides is 1. The van der Waals surface area contributed by atoms with E-state index < -0.39 is 6.03 Å². The molecule has 0 aliphatic carbocycles. The summed E-state index contributed by atoms with van der Waals surface area (Å²) in [5, 5.41) is 8.47. The average Bonchev–Trinajstić information content (AvgIpc) is 2.26. The Balaban J connectivity index is 1.97. The first-order valence-corrected chi connectivity index (χ1v) is 6.24. The highest BCUT2D eigenvalue weighted by Gasteiger charge is 2.28. The van der Waals surface area contributed by atoms with E-state index in [1.54, 1.807) is 24.3 Å². The highest BCUT2D eigenvalue weighted by molar-refractivity contribution is 5.94. The fourth-order valence-corrected chi connectivity index (χ4v) is 1.95. The average molecular weight is 262 g/mol. The van der Waals surface area contributed by atoms with Gasteiger partial charge in [0.15, 0.2) is 0 Å². The minimum atomic E-state index is -0.627. The normalized spacial score (nSPS) is 16.3. The molecule has 6 heteroatoms. The van der Waals surface area contributed by atoms with Crippen molar-refractivity contribution in [1.82, 2.24) is 5.32 Å². The van der Waals surface area contributed by atoms with Gasteiger partial charge in [0, 0.05) is 17.3 Å². The molecular weight excluding hydrogens is 244 g/mol. The van der Waals surface area contributed by atoms with E-state index in [9.17, 15) is 9.59 Å². The van der Waals surface area contributed by atoms with Crippen molar-refractivity contribution in [2.75, 3.05) is 23.7 Å². The molecule has 1 fully saturated rings. The van der Waals surface area contributed by atoms with Gasteiger partial charge in [0.1, 0.15) is 0 Å². The van der Waals surface area contributed by atoms with Crippen molar-refractivity contribution in [2.45, 2.75) is 6.92 Å². The fourth-order valence-electron chi connectivity index (χ4n) is 1.95. The third kappa shape index (κ3) is 3.45. The summed E-state index contributed by atoms with van der Waals surface area (Å²) in [7, 11) is 0. The Morgan fingerprint density at radius 1 is 1.32 bits per heavy atom. The minimum Gasteiger partial charge on any atom is -0.351 e. The van der Waals surface area contributed by atoms with Gasteiger partial charge in [-0.1, -0.05) is 13.0 Å². The summed E-state index contributed by atoms with van der Waals surface area (Å²) in [5.41, 5.74) is 6.25. The van der Waals surface area contributed by atoms with Gasteiger partial charge < -0.3 is 21.7 Å². The van der Waals surface area contributed by atoms with E-state index in [4.69, 9.17) is 5.73 Å². The maximum absolute atomic E-state index is 12.0. The molecule has 0 saturated carbocycles. The quantitative estimate of drug-likeness (QED) is 0.651. The highest BCUT2D eigenvalue weighted by Crippen LogP contribution is 2.20. The molecule has 1 aliphatic heterocycles. The lowest BCUT2D eigenvalue weighted by Crippen LogP contribution is -2.48. The Bertz CT molecular complexity index is 485. The number of anilines is 2. The van der Waals surface area contributed by atoms with Gasteiger partial charge >= 0.3 is 6.03 Å². The van der Waals surface area contributed by atoms with Crippen molar-refractivity contribution >= 4 is 23.3 Å². The van der Waals surface area contributed by atoms with Gasteiger partial charge in [0.2, 0.25) is 5.91 Å². The van der Waals surface area contributed by atoms with E-state index in [2.05, 4.69) is 16.0 Å². The monoisotopic (exact) mass is 262 g/mol. The molecule has 5 N–H and O–H groups in total. The molecule has 0 radical (unpaired) electrons. The van der Waals surface area contributed by atoms with Gasteiger partial charge in [-0.15, -0.1) is 0 Å².